The van der Waals surface area contributed by atoms with Crippen molar-refractivity contribution in [1.82, 2.24) is 10.2 Å². The molecule has 0 radical (unpaired) electrons. The van der Waals surface area contributed by atoms with Gasteiger partial charge in [-0.3, -0.25) is 4.79 Å². The highest BCUT2D eigenvalue weighted by atomic mass is 32.1. The van der Waals surface area contributed by atoms with E-state index in [1.165, 1.54) is 30.6 Å². The summed E-state index contributed by atoms with van der Waals surface area (Å²) in [5, 5.41) is 4.81. The van der Waals surface area contributed by atoms with Gasteiger partial charge in [0, 0.05) is 18.5 Å². The average molecular weight is 291 g/mol. The van der Waals surface area contributed by atoms with Crippen LogP contribution < -0.4 is 11.1 Å². The van der Waals surface area contributed by atoms with Gasteiger partial charge in [0.15, 0.2) is 0 Å². The molecule has 1 fully saturated rings. The Morgan fingerprint density at radius 3 is 2.95 bits per heavy atom. The van der Waals surface area contributed by atoms with E-state index in [-0.39, 0.29) is 5.91 Å². The molecule has 4 nitrogen and oxygen atoms in total. The maximum absolute atomic E-state index is 12.0. The molecule has 1 saturated heterocycles. The highest BCUT2D eigenvalue weighted by molar-refractivity contribution is 7.10. The van der Waals surface area contributed by atoms with Crippen LogP contribution in [0.3, 0.4) is 0 Å². The Balaban J connectivity index is 1.75. The van der Waals surface area contributed by atoms with Crippen LogP contribution in [0.1, 0.15) is 34.5 Å². The van der Waals surface area contributed by atoms with E-state index >= 15 is 0 Å². The summed E-state index contributed by atoms with van der Waals surface area (Å²) in [6.07, 6.45) is 3.90. The molecule has 0 aromatic carbocycles. The van der Waals surface area contributed by atoms with Crippen LogP contribution in [-0.4, -0.2) is 43.5 Å². The number of carbonyl (C=O) groups excluding carboxylic acids is 1. The molecule has 0 spiro atoms. The largest absolute Gasteiger partial charge is 0.351 e. The fourth-order valence-electron chi connectivity index (χ4n) is 2.27. The second-order valence-electron chi connectivity index (χ2n) is 4.86. The van der Waals surface area contributed by atoms with Crippen molar-refractivity contribution >= 4 is 17.2 Å². The first-order valence-corrected chi connectivity index (χ1v) is 7.95. The number of rotatable bonds is 4. The lowest BCUT2D eigenvalue weighted by molar-refractivity contribution is 0.0947. The Hall–Kier alpha value is -1.35. The summed E-state index contributed by atoms with van der Waals surface area (Å²) in [5.74, 6) is 5.72. The van der Waals surface area contributed by atoms with Crippen molar-refractivity contribution in [2.24, 2.45) is 5.73 Å². The molecular weight excluding hydrogens is 270 g/mol. The summed E-state index contributed by atoms with van der Waals surface area (Å²) < 4.78 is 0. The Labute approximate surface area is 124 Å². The lowest BCUT2D eigenvalue weighted by atomic mass is 10.1. The number of carbonyl (C=O) groups is 1. The molecule has 2 rings (SSSR count). The molecule has 2 heterocycles. The second kappa shape index (κ2) is 8.05. The Morgan fingerprint density at radius 2 is 2.20 bits per heavy atom. The predicted molar refractivity (Wildman–Crippen MR) is 82.9 cm³/mol. The molecule has 0 bridgehead atoms. The third-order valence-corrected chi connectivity index (χ3v) is 4.18. The van der Waals surface area contributed by atoms with Crippen LogP contribution in [0.4, 0.5) is 0 Å². The minimum atomic E-state index is -0.0148. The molecule has 20 heavy (non-hydrogen) atoms. The molecule has 1 aromatic rings. The number of nitrogens with two attached hydrogens (primary N) is 1. The summed E-state index contributed by atoms with van der Waals surface area (Å²) in [5.41, 5.74) is 6.02. The minimum absolute atomic E-state index is 0.0148. The van der Waals surface area contributed by atoms with Gasteiger partial charge in [-0.2, -0.15) is 0 Å². The Bertz CT molecular complexity index is 495. The molecule has 5 heteroatoms. The van der Waals surface area contributed by atoms with Crippen LogP contribution in [0.15, 0.2) is 11.4 Å². The molecular formula is C15H21N3OS. The van der Waals surface area contributed by atoms with Crippen LogP contribution in [0.25, 0.3) is 0 Å². The van der Waals surface area contributed by atoms with Crippen molar-refractivity contribution < 1.29 is 4.79 Å². The van der Waals surface area contributed by atoms with Gasteiger partial charge in [0.05, 0.1) is 17.0 Å². The Kier molecular flexibility index (Phi) is 6.06. The topological polar surface area (TPSA) is 58.4 Å². The van der Waals surface area contributed by atoms with E-state index in [0.29, 0.717) is 18.7 Å². The monoisotopic (exact) mass is 291 g/mol. The number of piperidine rings is 1. The molecule has 1 aliphatic heterocycles. The van der Waals surface area contributed by atoms with Crippen molar-refractivity contribution in [2.45, 2.75) is 19.3 Å². The van der Waals surface area contributed by atoms with E-state index in [0.717, 1.165) is 24.5 Å². The first kappa shape index (κ1) is 15.0. The number of likely N-dealkylation sites (tertiary alicyclic amines) is 1. The standard InChI is InChI=1S/C15H21N3OS/c16-6-4-5-14-11-13(12-20-14)15(19)17-7-10-18-8-2-1-3-9-18/h11-12H,1-3,6-10,16H2,(H,17,19). The van der Waals surface area contributed by atoms with Gasteiger partial charge >= 0.3 is 0 Å². The summed E-state index contributed by atoms with van der Waals surface area (Å²) in [7, 11) is 0. The number of thiophene rings is 1. The molecule has 1 aromatic heterocycles. The third-order valence-electron chi connectivity index (χ3n) is 3.34. The first-order chi connectivity index (χ1) is 9.79. The van der Waals surface area contributed by atoms with Crippen molar-refractivity contribution in [3.8, 4) is 11.8 Å². The normalized spacial score (nSPS) is 15.4. The fourth-order valence-corrected chi connectivity index (χ4v) is 3.03. The van der Waals surface area contributed by atoms with Gasteiger partial charge < -0.3 is 16.0 Å². The maximum Gasteiger partial charge on any atom is 0.252 e. The van der Waals surface area contributed by atoms with Crippen LogP contribution in [0.5, 0.6) is 0 Å². The quantitative estimate of drug-likeness (QED) is 0.822. The molecule has 0 saturated carbocycles. The SMILES string of the molecule is NCC#Cc1cc(C(=O)NCCN2CCCCC2)cs1. The average Bonchev–Trinajstić information content (AvgIpc) is 2.95. The van der Waals surface area contributed by atoms with Crippen molar-refractivity contribution in [3.63, 3.8) is 0 Å². The van der Waals surface area contributed by atoms with Gasteiger partial charge in [-0.05, 0) is 32.0 Å². The van der Waals surface area contributed by atoms with Crippen molar-refractivity contribution in [1.29, 1.82) is 0 Å². The summed E-state index contributed by atoms with van der Waals surface area (Å²) in [6.45, 7) is 4.31. The molecule has 0 atom stereocenters. The molecule has 108 valence electrons. The third kappa shape index (κ3) is 4.64. The highest BCUT2D eigenvalue weighted by Crippen LogP contribution is 2.13. The van der Waals surface area contributed by atoms with Crippen LogP contribution in [-0.2, 0) is 0 Å². The van der Waals surface area contributed by atoms with E-state index in [2.05, 4.69) is 22.1 Å². The van der Waals surface area contributed by atoms with Crippen molar-refractivity contribution in [3.05, 3.63) is 21.9 Å². The zero-order valence-electron chi connectivity index (χ0n) is 11.7. The minimum Gasteiger partial charge on any atom is -0.351 e. The van der Waals surface area contributed by atoms with Gasteiger partial charge in [-0.15, -0.1) is 11.3 Å². The fraction of sp³-hybridized carbons (Fsp3) is 0.533. The van der Waals surface area contributed by atoms with Gasteiger partial charge in [-0.1, -0.05) is 18.3 Å². The number of nitrogens with one attached hydrogen (secondary N) is 1. The molecule has 3 N–H and O–H groups in total. The zero-order chi connectivity index (χ0) is 14.2. The summed E-state index contributed by atoms with van der Waals surface area (Å²) in [6, 6.07) is 1.82. The van der Waals surface area contributed by atoms with Crippen molar-refractivity contribution in [2.75, 3.05) is 32.7 Å². The van der Waals surface area contributed by atoms with E-state index in [1.54, 1.807) is 0 Å². The van der Waals surface area contributed by atoms with Crippen LogP contribution >= 0.6 is 11.3 Å². The van der Waals surface area contributed by atoms with Gasteiger partial charge in [0.1, 0.15) is 0 Å². The first-order valence-electron chi connectivity index (χ1n) is 7.07. The van der Waals surface area contributed by atoms with E-state index < -0.39 is 0 Å². The molecule has 0 unspecified atom stereocenters. The molecule has 1 amide bonds. The molecule has 0 aliphatic carbocycles. The van der Waals surface area contributed by atoms with E-state index in [9.17, 15) is 4.79 Å². The van der Waals surface area contributed by atoms with Gasteiger partial charge in [-0.25, -0.2) is 0 Å². The predicted octanol–water partition coefficient (Wildman–Crippen LogP) is 1.27. The number of amides is 1. The van der Waals surface area contributed by atoms with E-state index in [4.69, 9.17) is 5.73 Å². The smallest absolute Gasteiger partial charge is 0.252 e. The molecule has 1 aliphatic rings. The number of hydrogen-bond acceptors (Lipinski definition) is 4. The number of hydrogen-bond donors (Lipinski definition) is 2. The zero-order valence-corrected chi connectivity index (χ0v) is 12.5. The van der Waals surface area contributed by atoms with Crippen LogP contribution in [0.2, 0.25) is 0 Å². The second-order valence-corrected chi connectivity index (χ2v) is 5.77. The summed E-state index contributed by atoms with van der Waals surface area (Å²) in [4.78, 5) is 15.3. The maximum atomic E-state index is 12.0. The Morgan fingerprint density at radius 1 is 1.40 bits per heavy atom. The van der Waals surface area contributed by atoms with Gasteiger partial charge in [0.25, 0.3) is 5.91 Å². The van der Waals surface area contributed by atoms with E-state index in [1.807, 2.05) is 11.4 Å². The summed E-state index contributed by atoms with van der Waals surface area (Å²) >= 11 is 1.48. The highest BCUT2D eigenvalue weighted by Gasteiger charge is 2.11. The van der Waals surface area contributed by atoms with Gasteiger partial charge in [0.2, 0.25) is 0 Å². The number of nitrogens with zero attached hydrogens (tertiary/aromatic N) is 1. The lowest BCUT2D eigenvalue weighted by Crippen LogP contribution is -2.37. The van der Waals surface area contributed by atoms with Crippen LogP contribution in [0, 0.1) is 11.8 Å². The lowest BCUT2D eigenvalue weighted by Gasteiger charge is -2.26.